The zero-order valence-electron chi connectivity index (χ0n) is 18.7. The molecule has 0 bridgehead atoms. The third-order valence-corrected chi connectivity index (χ3v) is 6.57. The van der Waals surface area contributed by atoms with Gasteiger partial charge in [0.05, 0.1) is 28.9 Å². The van der Waals surface area contributed by atoms with Gasteiger partial charge in [0.15, 0.2) is 0 Å². The van der Waals surface area contributed by atoms with Gasteiger partial charge in [0.1, 0.15) is 5.69 Å². The van der Waals surface area contributed by atoms with Crippen molar-refractivity contribution in [1.82, 2.24) is 15.0 Å². The number of rotatable bonds is 3. The van der Waals surface area contributed by atoms with Crippen LogP contribution in [0.2, 0.25) is 0 Å². The fraction of sp³-hybridized carbons (Fsp3) is 0.103. The van der Waals surface area contributed by atoms with Crippen molar-refractivity contribution >= 4 is 17.1 Å². The molecule has 0 saturated carbocycles. The van der Waals surface area contributed by atoms with Gasteiger partial charge < -0.3 is 4.90 Å². The van der Waals surface area contributed by atoms with Crippen LogP contribution in [-0.2, 0) is 5.41 Å². The summed E-state index contributed by atoms with van der Waals surface area (Å²) in [6.07, 6.45) is 2.00. The van der Waals surface area contributed by atoms with E-state index < -0.39 is 0 Å². The van der Waals surface area contributed by atoms with Crippen LogP contribution in [0, 0.1) is 0 Å². The Bertz CT molecular complexity index is 1400. The van der Waals surface area contributed by atoms with E-state index in [1.54, 1.807) is 0 Å². The van der Waals surface area contributed by atoms with E-state index in [9.17, 15) is 0 Å². The fourth-order valence-corrected chi connectivity index (χ4v) is 4.90. The van der Waals surface area contributed by atoms with Crippen molar-refractivity contribution in [3.63, 3.8) is 0 Å². The summed E-state index contributed by atoms with van der Waals surface area (Å²) in [5.41, 5.74) is 8.86. The predicted molar refractivity (Wildman–Crippen MR) is 134 cm³/mol. The largest absolute Gasteiger partial charge is 0.308 e. The standard InChI is InChI=1S/C29H24N4/c1-29(2)22-14-6-8-16-25(22)33(26-17-9-7-15-23(26)29)28-19-11-10-18-27(28)32-20-24(30-31-32)21-12-4-3-5-13-21/h3-20H,1-2H3. The molecule has 160 valence electrons. The van der Waals surface area contributed by atoms with Crippen molar-refractivity contribution in [2.75, 3.05) is 4.90 Å². The van der Waals surface area contributed by atoms with E-state index in [-0.39, 0.29) is 5.41 Å². The van der Waals surface area contributed by atoms with E-state index in [1.165, 1.54) is 22.5 Å². The van der Waals surface area contributed by atoms with Crippen molar-refractivity contribution in [3.8, 4) is 16.9 Å². The Morgan fingerprint density at radius 1 is 0.576 bits per heavy atom. The molecule has 5 aromatic rings. The van der Waals surface area contributed by atoms with Crippen molar-refractivity contribution in [2.24, 2.45) is 0 Å². The number of fused-ring (bicyclic) bond motifs is 2. The molecule has 4 nitrogen and oxygen atoms in total. The maximum Gasteiger partial charge on any atom is 0.113 e. The van der Waals surface area contributed by atoms with Gasteiger partial charge in [0.25, 0.3) is 0 Å². The Morgan fingerprint density at radius 2 is 1.09 bits per heavy atom. The Balaban J connectivity index is 1.55. The lowest BCUT2D eigenvalue weighted by atomic mass is 9.73. The van der Waals surface area contributed by atoms with Gasteiger partial charge >= 0.3 is 0 Å². The van der Waals surface area contributed by atoms with Crippen LogP contribution >= 0.6 is 0 Å². The molecule has 1 aromatic heterocycles. The van der Waals surface area contributed by atoms with E-state index in [0.717, 1.165) is 22.6 Å². The van der Waals surface area contributed by atoms with Crippen LogP contribution in [0.4, 0.5) is 17.1 Å². The second kappa shape index (κ2) is 7.45. The highest BCUT2D eigenvalue weighted by molar-refractivity contribution is 5.88. The number of anilines is 3. The zero-order chi connectivity index (χ0) is 22.4. The molecule has 0 aliphatic carbocycles. The summed E-state index contributed by atoms with van der Waals surface area (Å²) < 4.78 is 1.88. The van der Waals surface area contributed by atoms with Crippen LogP contribution in [0.25, 0.3) is 16.9 Å². The number of nitrogens with zero attached hydrogens (tertiary/aromatic N) is 4. The summed E-state index contributed by atoms with van der Waals surface area (Å²) in [4.78, 5) is 2.36. The molecule has 0 spiro atoms. The number of benzene rings is 4. The summed E-state index contributed by atoms with van der Waals surface area (Å²) in [7, 11) is 0. The smallest absolute Gasteiger partial charge is 0.113 e. The second-order valence-corrected chi connectivity index (χ2v) is 8.90. The van der Waals surface area contributed by atoms with Gasteiger partial charge in [0, 0.05) is 11.0 Å². The van der Waals surface area contributed by atoms with Gasteiger partial charge in [-0.3, -0.25) is 0 Å². The normalized spacial score (nSPS) is 13.9. The van der Waals surface area contributed by atoms with Crippen LogP contribution < -0.4 is 4.90 Å². The maximum atomic E-state index is 4.50. The van der Waals surface area contributed by atoms with E-state index in [2.05, 4.69) is 108 Å². The molecular weight excluding hydrogens is 404 g/mol. The minimum Gasteiger partial charge on any atom is -0.308 e. The maximum absolute atomic E-state index is 4.50. The molecule has 33 heavy (non-hydrogen) atoms. The van der Waals surface area contributed by atoms with Gasteiger partial charge in [-0.15, -0.1) is 5.10 Å². The lowest BCUT2D eigenvalue weighted by molar-refractivity contribution is 0.631. The minimum absolute atomic E-state index is 0.0909. The van der Waals surface area contributed by atoms with Crippen molar-refractivity contribution in [2.45, 2.75) is 19.3 Å². The average molecular weight is 429 g/mol. The molecule has 2 heterocycles. The van der Waals surface area contributed by atoms with Gasteiger partial charge in [-0.2, -0.15) is 0 Å². The molecule has 0 N–H and O–H groups in total. The van der Waals surface area contributed by atoms with Crippen molar-refractivity contribution < 1.29 is 0 Å². The Kier molecular flexibility index (Phi) is 4.40. The highest BCUT2D eigenvalue weighted by Crippen LogP contribution is 2.52. The molecule has 0 atom stereocenters. The third kappa shape index (κ3) is 3.06. The molecule has 1 aliphatic heterocycles. The van der Waals surface area contributed by atoms with Gasteiger partial charge in [0.2, 0.25) is 0 Å². The number of hydrogen-bond donors (Lipinski definition) is 0. The fourth-order valence-electron chi connectivity index (χ4n) is 4.90. The summed E-state index contributed by atoms with van der Waals surface area (Å²) in [6, 6.07) is 35.9. The van der Waals surface area contributed by atoms with Crippen LogP contribution in [0.5, 0.6) is 0 Å². The molecule has 0 fully saturated rings. The van der Waals surface area contributed by atoms with Crippen LogP contribution in [0.1, 0.15) is 25.0 Å². The predicted octanol–water partition coefficient (Wildman–Crippen LogP) is 7.04. The zero-order valence-corrected chi connectivity index (χ0v) is 18.7. The van der Waals surface area contributed by atoms with E-state index in [4.69, 9.17) is 0 Å². The molecule has 0 saturated heterocycles. The summed E-state index contributed by atoms with van der Waals surface area (Å²) in [5, 5.41) is 8.95. The topological polar surface area (TPSA) is 34.0 Å². The second-order valence-electron chi connectivity index (χ2n) is 8.90. The summed E-state index contributed by atoms with van der Waals surface area (Å²) in [5.74, 6) is 0. The summed E-state index contributed by atoms with van der Waals surface area (Å²) >= 11 is 0. The van der Waals surface area contributed by atoms with Crippen molar-refractivity contribution in [1.29, 1.82) is 0 Å². The summed E-state index contributed by atoms with van der Waals surface area (Å²) in [6.45, 7) is 4.61. The molecule has 0 unspecified atom stereocenters. The molecule has 4 heteroatoms. The number of hydrogen-bond acceptors (Lipinski definition) is 3. The first-order valence-corrected chi connectivity index (χ1v) is 11.2. The van der Waals surface area contributed by atoms with E-state index in [1.807, 2.05) is 35.1 Å². The third-order valence-electron chi connectivity index (χ3n) is 6.57. The first-order chi connectivity index (χ1) is 16.1. The average Bonchev–Trinajstić information content (AvgIpc) is 3.36. The Labute approximate surface area is 193 Å². The van der Waals surface area contributed by atoms with E-state index >= 15 is 0 Å². The molecule has 6 rings (SSSR count). The first-order valence-electron chi connectivity index (χ1n) is 11.2. The SMILES string of the molecule is CC1(C)c2ccccc2N(c2ccccc2-n2cc(-c3ccccc3)nn2)c2ccccc21. The lowest BCUT2D eigenvalue weighted by Gasteiger charge is -2.42. The Hall–Kier alpha value is -4.18. The first kappa shape index (κ1) is 19.5. The van der Waals surface area contributed by atoms with E-state index in [0.29, 0.717) is 0 Å². The molecule has 1 aliphatic rings. The molecule has 4 aromatic carbocycles. The van der Waals surface area contributed by atoms with Crippen LogP contribution in [0.3, 0.4) is 0 Å². The van der Waals surface area contributed by atoms with Crippen molar-refractivity contribution in [3.05, 3.63) is 120 Å². The molecular formula is C29H24N4. The van der Waals surface area contributed by atoms with Crippen LogP contribution in [0.15, 0.2) is 109 Å². The monoisotopic (exact) mass is 428 g/mol. The quantitative estimate of drug-likeness (QED) is 0.309. The number of para-hydroxylation sites is 4. The highest BCUT2D eigenvalue weighted by Gasteiger charge is 2.37. The lowest BCUT2D eigenvalue weighted by Crippen LogP contribution is -2.30. The van der Waals surface area contributed by atoms with Crippen LogP contribution in [-0.4, -0.2) is 15.0 Å². The molecule has 0 radical (unpaired) electrons. The van der Waals surface area contributed by atoms with Gasteiger partial charge in [-0.25, -0.2) is 4.68 Å². The highest BCUT2D eigenvalue weighted by atomic mass is 15.4. The molecule has 0 amide bonds. The minimum atomic E-state index is -0.0909. The Morgan fingerprint density at radius 3 is 1.73 bits per heavy atom. The van der Waals surface area contributed by atoms with Gasteiger partial charge in [-0.05, 0) is 35.4 Å². The van der Waals surface area contributed by atoms with Gasteiger partial charge in [-0.1, -0.05) is 97.9 Å². The number of aromatic nitrogens is 3.